The fourth-order valence-electron chi connectivity index (χ4n) is 1.78. The predicted molar refractivity (Wildman–Crippen MR) is 92.0 cm³/mol. The van der Waals surface area contributed by atoms with Crippen LogP contribution in [0.1, 0.15) is 26.3 Å². The molecule has 2 rings (SSSR count). The van der Waals surface area contributed by atoms with Gasteiger partial charge in [0.2, 0.25) is 0 Å². The maximum Gasteiger partial charge on any atom is 0.412 e. The van der Waals surface area contributed by atoms with E-state index in [1.807, 2.05) is 0 Å². The molecule has 2 aromatic rings. The zero-order valence-corrected chi connectivity index (χ0v) is 14.9. The summed E-state index contributed by atoms with van der Waals surface area (Å²) in [6.07, 6.45) is 1.53. The Kier molecular flexibility index (Phi) is 4.69. The van der Waals surface area contributed by atoms with E-state index in [4.69, 9.17) is 10.00 Å². The molecule has 1 N–H and O–H groups in total. The van der Waals surface area contributed by atoms with E-state index in [2.05, 4.69) is 38.5 Å². The Morgan fingerprint density at radius 1 is 1.52 bits per heavy atom. The van der Waals surface area contributed by atoms with Crippen molar-refractivity contribution in [2.45, 2.75) is 26.4 Å². The summed E-state index contributed by atoms with van der Waals surface area (Å²) < 4.78 is 7.03. The first-order valence-electron chi connectivity index (χ1n) is 6.12. The number of nitrogens with one attached hydrogen (secondary N) is 1. The van der Waals surface area contributed by atoms with Crippen LogP contribution in [0.15, 0.2) is 18.3 Å². The first kappa shape index (κ1) is 16.0. The van der Waals surface area contributed by atoms with Crippen LogP contribution >= 0.6 is 28.4 Å². The largest absolute Gasteiger partial charge is 0.444 e. The molecule has 8 heteroatoms. The maximum absolute atomic E-state index is 11.9. The summed E-state index contributed by atoms with van der Waals surface area (Å²) in [6, 6.07) is 5.47. The van der Waals surface area contributed by atoms with E-state index in [0.29, 0.717) is 17.6 Å². The van der Waals surface area contributed by atoms with Crippen LogP contribution in [0, 0.1) is 11.3 Å². The summed E-state index contributed by atoms with van der Waals surface area (Å²) in [6.45, 7) is 5.38. The molecule has 0 fully saturated rings. The van der Waals surface area contributed by atoms with Gasteiger partial charge in [0.25, 0.3) is 0 Å². The molecular weight excluding hydrogens is 402 g/mol. The third-order valence-corrected chi connectivity index (χ3v) is 4.42. The number of aromatic nitrogens is 2. The molecule has 0 spiro atoms. The standard InChI is InChI=1S/C13H14IN4O2P/c1-13(2,3)20-12(19)17-10-4-8(6-15)5-11-9(10)7-16-18(11)21-14/h4-5,7,21H,1-3H3,(H,17,19). The van der Waals surface area contributed by atoms with Crippen molar-refractivity contribution in [1.82, 2.24) is 9.55 Å². The van der Waals surface area contributed by atoms with Crippen molar-refractivity contribution < 1.29 is 9.53 Å². The van der Waals surface area contributed by atoms with E-state index >= 15 is 0 Å². The molecule has 0 saturated heterocycles. The summed E-state index contributed by atoms with van der Waals surface area (Å²) in [7, 11) is 0. The van der Waals surface area contributed by atoms with Crippen molar-refractivity contribution in [2.75, 3.05) is 5.32 Å². The lowest BCUT2D eigenvalue weighted by atomic mass is 10.1. The number of rotatable bonds is 2. The monoisotopic (exact) mass is 416 g/mol. The van der Waals surface area contributed by atoms with E-state index in [1.165, 1.54) is 0 Å². The summed E-state index contributed by atoms with van der Waals surface area (Å²) >= 11 is 2.21. The molecular formula is C13H14IN4O2P. The molecule has 1 aromatic heterocycles. The summed E-state index contributed by atoms with van der Waals surface area (Å²) in [5.74, 6) is 0. The van der Waals surface area contributed by atoms with Crippen molar-refractivity contribution in [3.05, 3.63) is 23.9 Å². The Hall–Kier alpha value is -1.39. The first-order chi connectivity index (χ1) is 9.84. The minimum Gasteiger partial charge on any atom is -0.444 e. The highest BCUT2D eigenvalue weighted by molar-refractivity contribution is 14.2. The number of amides is 1. The predicted octanol–water partition coefficient (Wildman–Crippen LogP) is 4.05. The van der Waals surface area contributed by atoms with Gasteiger partial charge in [0.1, 0.15) is 5.60 Å². The number of halogens is 1. The molecule has 1 heterocycles. The molecule has 0 aliphatic carbocycles. The normalized spacial score (nSPS) is 11.8. The van der Waals surface area contributed by atoms with Crippen LogP contribution in [0.4, 0.5) is 10.5 Å². The lowest BCUT2D eigenvalue weighted by Gasteiger charge is -2.19. The average molecular weight is 416 g/mol. The fraction of sp³-hybridized carbons (Fsp3) is 0.308. The molecule has 110 valence electrons. The first-order valence-corrected chi connectivity index (χ1v) is 10.2. The van der Waals surface area contributed by atoms with Gasteiger partial charge in [-0.25, -0.2) is 9.25 Å². The van der Waals surface area contributed by atoms with Crippen molar-refractivity contribution in [2.24, 2.45) is 0 Å². The Morgan fingerprint density at radius 3 is 2.81 bits per heavy atom. The van der Waals surface area contributed by atoms with Crippen LogP contribution in [-0.2, 0) is 4.74 Å². The number of nitriles is 1. The lowest BCUT2D eigenvalue weighted by Crippen LogP contribution is -2.27. The van der Waals surface area contributed by atoms with Gasteiger partial charge in [-0.2, -0.15) is 10.4 Å². The van der Waals surface area contributed by atoms with Crippen LogP contribution in [0.25, 0.3) is 10.9 Å². The molecule has 1 unspecified atom stereocenters. The number of hydrogen-bond acceptors (Lipinski definition) is 4. The number of carbonyl (C=O) groups excluding carboxylic acids is 1. The Balaban J connectivity index is 2.41. The van der Waals surface area contributed by atoms with Gasteiger partial charge in [-0.1, -0.05) is 0 Å². The number of hydrogen-bond donors (Lipinski definition) is 1. The smallest absolute Gasteiger partial charge is 0.412 e. The quantitative estimate of drug-likeness (QED) is 0.592. The Bertz CT molecular complexity index is 730. The van der Waals surface area contributed by atoms with Gasteiger partial charge in [0, 0.05) is 5.39 Å². The fourth-order valence-corrected chi connectivity index (χ4v) is 3.31. The number of benzene rings is 1. The van der Waals surface area contributed by atoms with Gasteiger partial charge in [0.05, 0.1) is 35.4 Å². The highest BCUT2D eigenvalue weighted by Gasteiger charge is 2.18. The van der Waals surface area contributed by atoms with Crippen molar-refractivity contribution in [1.29, 1.82) is 5.26 Å². The zero-order valence-electron chi connectivity index (χ0n) is 11.8. The molecule has 0 saturated carbocycles. The van der Waals surface area contributed by atoms with Crippen LogP contribution in [0.3, 0.4) is 0 Å². The van der Waals surface area contributed by atoms with Crippen LogP contribution in [0.2, 0.25) is 0 Å². The van der Waals surface area contributed by atoms with Crippen LogP contribution in [-0.4, -0.2) is 21.2 Å². The number of ether oxygens (including phenoxy) is 1. The van der Waals surface area contributed by atoms with Crippen molar-refractivity contribution in [3.63, 3.8) is 0 Å². The number of nitrogens with zero attached hydrogens (tertiary/aromatic N) is 3. The summed E-state index contributed by atoms with van der Waals surface area (Å²) in [5.41, 5.74) is 1.22. The average Bonchev–Trinajstić information content (AvgIpc) is 2.79. The highest BCUT2D eigenvalue weighted by Crippen LogP contribution is 2.32. The second-order valence-corrected chi connectivity index (χ2v) is 7.38. The molecule has 1 atom stereocenters. The third kappa shape index (κ3) is 3.83. The van der Waals surface area contributed by atoms with Gasteiger partial charge >= 0.3 is 6.09 Å². The van der Waals surface area contributed by atoms with E-state index in [1.54, 1.807) is 43.6 Å². The van der Waals surface area contributed by atoms with E-state index in [0.717, 1.165) is 10.9 Å². The van der Waals surface area contributed by atoms with Gasteiger partial charge in [-0.05, 0) is 54.9 Å². The molecule has 6 nitrogen and oxygen atoms in total. The minimum atomic E-state index is -0.580. The van der Waals surface area contributed by atoms with Gasteiger partial charge in [0.15, 0.2) is 0 Å². The second-order valence-electron chi connectivity index (χ2n) is 5.34. The molecule has 1 amide bonds. The van der Waals surface area contributed by atoms with Crippen molar-refractivity contribution in [3.8, 4) is 6.07 Å². The molecule has 0 bridgehead atoms. The topological polar surface area (TPSA) is 79.9 Å². The maximum atomic E-state index is 11.9. The zero-order chi connectivity index (χ0) is 15.6. The van der Waals surface area contributed by atoms with Crippen LogP contribution in [0.5, 0.6) is 0 Å². The number of anilines is 1. The minimum absolute atomic E-state index is 0.412. The summed E-state index contributed by atoms with van der Waals surface area (Å²) in [4.78, 5) is 11.9. The summed E-state index contributed by atoms with van der Waals surface area (Å²) in [5, 5.41) is 16.8. The van der Waals surface area contributed by atoms with Crippen molar-refractivity contribution >= 4 is 51.1 Å². The van der Waals surface area contributed by atoms with Gasteiger partial charge in [-0.15, -0.1) is 0 Å². The van der Waals surface area contributed by atoms with Gasteiger partial charge < -0.3 is 4.74 Å². The van der Waals surface area contributed by atoms with E-state index in [-0.39, 0.29) is 0 Å². The molecule has 0 aliphatic rings. The lowest BCUT2D eigenvalue weighted by molar-refractivity contribution is 0.0636. The Labute approximate surface area is 137 Å². The third-order valence-electron chi connectivity index (χ3n) is 2.53. The van der Waals surface area contributed by atoms with E-state index < -0.39 is 11.7 Å². The number of fused-ring (bicyclic) bond motifs is 1. The number of carbonyl (C=O) groups is 1. The molecule has 0 radical (unpaired) electrons. The molecule has 1 aromatic carbocycles. The highest BCUT2D eigenvalue weighted by atomic mass is 127. The second kappa shape index (κ2) is 6.16. The van der Waals surface area contributed by atoms with E-state index in [9.17, 15) is 4.79 Å². The van der Waals surface area contributed by atoms with Gasteiger partial charge in [-0.3, -0.25) is 5.32 Å². The molecule has 21 heavy (non-hydrogen) atoms. The Morgan fingerprint density at radius 2 is 2.24 bits per heavy atom. The SMILES string of the molecule is CC(C)(C)OC(=O)Nc1cc(C#N)cc2c1cnn2PI. The molecule has 0 aliphatic heterocycles. The van der Waals surface area contributed by atoms with Crippen LogP contribution < -0.4 is 5.32 Å².